The van der Waals surface area contributed by atoms with E-state index in [4.69, 9.17) is 4.74 Å². The molecule has 0 saturated carbocycles. The van der Waals surface area contributed by atoms with Crippen molar-refractivity contribution in [3.8, 4) is 0 Å². The average molecular weight is 872 g/mol. The van der Waals surface area contributed by atoms with Crippen LogP contribution in [0.15, 0.2) is 36.5 Å². The normalized spacial score (nSPS) is 12.9. The highest BCUT2D eigenvalue weighted by atomic mass is 16.5. The molecule has 0 fully saturated rings. The number of aliphatic hydroxyl groups is 2. The van der Waals surface area contributed by atoms with Gasteiger partial charge in [0.1, 0.15) is 0 Å². The molecule has 1 amide bonds. The van der Waals surface area contributed by atoms with Crippen LogP contribution in [0.3, 0.4) is 0 Å². The van der Waals surface area contributed by atoms with Gasteiger partial charge in [-0.05, 0) is 77.0 Å². The molecule has 0 aliphatic rings. The van der Waals surface area contributed by atoms with Crippen LogP contribution in [0.5, 0.6) is 0 Å². The van der Waals surface area contributed by atoms with Gasteiger partial charge in [-0.15, -0.1) is 0 Å². The molecule has 0 aliphatic carbocycles. The van der Waals surface area contributed by atoms with Crippen molar-refractivity contribution in [1.29, 1.82) is 0 Å². The van der Waals surface area contributed by atoms with E-state index in [1.54, 1.807) is 0 Å². The van der Waals surface area contributed by atoms with Crippen molar-refractivity contribution in [2.24, 2.45) is 0 Å². The van der Waals surface area contributed by atoms with Gasteiger partial charge in [0.15, 0.2) is 0 Å². The summed E-state index contributed by atoms with van der Waals surface area (Å²) in [5.74, 6) is -0.0516. The summed E-state index contributed by atoms with van der Waals surface area (Å²) in [5.41, 5.74) is 0. The van der Waals surface area contributed by atoms with Crippen molar-refractivity contribution in [2.45, 2.75) is 296 Å². The van der Waals surface area contributed by atoms with Crippen molar-refractivity contribution < 1.29 is 24.5 Å². The highest BCUT2D eigenvalue weighted by Gasteiger charge is 2.20. The van der Waals surface area contributed by atoms with Crippen LogP contribution in [-0.4, -0.2) is 47.4 Å². The predicted molar refractivity (Wildman–Crippen MR) is 269 cm³/mol. The minimum Gasteiger partial charge on any atom is -0.466 e. The van der Waals surface area contributed by atoms with Crippen LogP contribution in [0.25, 0.3) is 0 Å². The SMILES string of the molecule is CCCC/C=C\CCCCCCCC(=O)OCCCCCCCCCCC/C=C\C/C=C\CCCCCCCCCC(=O)NC(CO)C(O)CCCCCCCCCCCCC. The van der Waals surface area contributed by atoms with Crippen molar-refractivity contribution in [3.63, 3.8) is 0 Å². The van der Waals surface area contributed by atoms with E-state index in [2.05, 4.69) is 55.6 Å². The number of hydrogen-bond donors (Lipinski definition) is 3. The first-order valence-electron chi connectivity index (χ1n) is 27.2. The topological polar surface area (TPSA) is 95.9 Å². The molecule has 0 bridgehead atoms. The van der Waals surface area contributed by atoms with Gasteiger partial charge in [0, 0.05) is 12.8 Å². The maximum atomic E-state index is 12.4. The lowest BCUT2D eigenvalue weighted by molar-refractivity contribution is -0.143. The molecule has 0 radical (unpaired) electrons. The second-order valence-electron chi connectivity index (χ2n) is 18.6. The Bertz CT molecular complexity index is 1010. The standard InChI is InChI=1S/C56H105NO5/c1-3-5-7-9-11-13-28-32-36-40-44-48-54(59)53(52-58)57-55(60)49-45-41-37-33-30-26-24-22-20-18-16-15-17-19-21-23-25-27-31-35-39-43-47-51-62-56(61)50-46-42-38-34-29-14-12-10-8-6-4-2/h10,12,15,17-18,20,53-54,58-59H,3-9,11,13-14,16,19,21-52H2,1-2H3,(H,57,60)/b12-10-,17-15-,20-18-. The van der Waals surface area contributed by atoms with Crippen LogP contribution < -0.4 is 5.32 Å². The van der Waals surface area contributed by atoms with Gasteiger partial charge in [-0.2, -0.15) is 0 Å². The molecule has 62 heavy (non-hydrogen) atoms. The van der Waals surface area contributed by atoms with Crippen LogP contribution >= 0.6 is 0 Å². The third-order valence-electron chi connectivity index (χ3n) is 12.4. The molecule has 6 heteroatoms. The van der Waals surface area contributed by atoms with E-state index in [-0.39, 0.29) is 18.5 Å². The van der Waals surface area contributed by atoms with Gasteiger partial charge < -0.3 is 20.3 Å². The van der Waals surface area contributed by atoms with Gasteiger partial charge in [-0.1, -0.05) is 230 Å². The molecule has 3 N–H and O–H groups in total. The Balaban J connectivity index is 3.45. The molecule has 2 atom stereocenters. The van der Waals surface area contributed by atoms with Gasteiger partial charge in [-0.25, -0.2) is 0 Å². The summed E-state index contributed by atoms with van der Waals surface area (Å²) in [6, 6.07) is -0.548. The number of esters is 1. The Kier molecular flexibility index (Phi) is 50.1. The number of carbonyl (C=O) groups is 2. The fraction of sp³-hybridized carbons (Fsp3) is 0.857. The van der Waals surface area contributed by atoms with E-state index in [0.717, 1.165) is 57.8 Å². The largest absolute Gasteiger partial charge is 0.466 e. The highest BCUT2D eigenvalue weighted by molar-refractivity contribution is 5.76. The van der Waals surface area contributed by atoms with Crippen LogP contribution in [0, 0.1) is 0 Å². The van der Waals surface area contributed by atoms with E-state index in [0.29, 0.717) is 25.9 Å². The van der Waals surface area contributed by atoms with Crippen LogP contribution in [0.1, 0.15) is 284 Å². The molecular formula is C56H105NO5. The van der Waals surface area contributed by atoms with Crippen LogP contribution in [0.4, 0.5) is 0 Å². The lowest BCUT2D eigenvalue weighted by atomic mass is 10.0. The first kappa shape index (κ1) is 60.1. The highest BCUT2D eigenvalue weighted by Crippen LogP contribution is 2.16. The quantitative estimate of drug-likeness (QED) is 0.0321. The predicted octanol–water partition coefficient (Wildman–Crippen LogP) is 16.5. The molecule has 0 saturated heterocycles. The monoisotopic (exact) mass is 872 g/mol. The molecule has 0 aromatic carbocycles. The second kappa shape index (κ2) is 51.7. The van der Waals surface area contributed by atoms with E-state index in [9.17, 15) is 19.8 Å². The first-order valence-corrected chi connectivity index (χ1v) is 27.2. The summed E-state index contributed by atoms with van der Waals surface area (Å²) in [6.45, 7) is 4.89. The van der Waals surface area contributed by atoms with Gasteiger partial charge in [0.25, 0.3) is 0 Å². The smallest absolute Gasteiger partial charge is 0.305 e. The van der Waals surface area contributed by atoms with Gasteiger partial charge in [0.2, 0.25) is 5.91 Å². The number of ether oxygens (including phenoxy) is 1. The summed E-state index contributed by atoms with van der Waals surface area (Å²) in [5, 5.41) is 23.1. The number of aliphatic hydroxyl groups excluding tert-OH is 2. The third kappa shape index (κ3) is 47.6. The van der Waals surface area contributed by atoms with Gasteiger partial charge in [0.05, 0.1) is 25.4 Å². The van der Waals surface area contributed by atoms with Gasteiger partial charge >= 0.3 is 5.97 Å². The van der Waals surface area contributed by atoms with Crippen molar-refractivity contribution in [2.75, 3.05) is 13.2 Å². The molecule has 0 rings (SSSR count). The molecule has 0 heterocycles. The molecule has 0 aromatic rings. The third-order valence-corrected chi connectivity index (χ3v) is 12.4. The van der Waals surface area contributed by atoms with Crippen molar-refractivity contribution in [3.05, 3.63) is 36.5 Å². The summed E-state index contributed by atoms with van der Waals surface area (Å²) < 4.78 is 5.44. The fourth-order valence-corrected chi connectivity index (χ4v) is 8.18. The maximum Gasteiger partial charge on any atom is 0.305 e. The summed E-state index contributed by atoms with van der Waals surface area (Å²) >= 11 is 0. The van der Waals surface area contributed by atoms with Crippen LogP contribution in [0.2, 0.25) is 0 Å². The number of allylic oxidation sites excluding steroid dienone is 6. The Morgan fingerprint density at radius 1 is 0.452 bits per heavy atom. The van der Waals surface area contributed by atoms with Crippen LogP contribution in [-0.2, 0) is 14.3 Å². The zero-order valence-corrected chi connectivity index (χ0v) is 41.4. The van der Waals surface area contributed by atoms with Crippen molar-refractivity contribution in [1.82, 2.24) is 5.32 Å². The van der Waals surface area contributed by atoms with E-state index >= 15 is 0 Å². The minimum absolute atomic E-state index is 0.00463. The molecule has 0 spiro atoms. The molecule has 6 nitrogen and oxygen atoms in total. The Labute approximate surface area is 385 Å². The Morgan fingerprint density at radius 2 is 0.823 bits per heavy atom. The molecule has 0 aromatic heterocycles. The summed E-state index contributed by atoms with van der Waals surface area (Å²) in [7, 11) is 0. The minimum atomic E-state index is -0.669. The Morgan fingerprint density at radius 3 is 1.29 bits per heavy atom. The first-order chi connectivity index (χ1) is 30.5. The molecule has 2 unspecified atom stereocenters. The lowest BCUT2D eigenvalue weighted by Gasteiger charge is -2.22. The zero-order valence-electron chi connectivity index (χ0n) is 41.4. The maximum absolute atomic E-state index is 12.4. The Hall–Kier alpha value is -1.92. The number of nitrogens with one attached hydrogen (secondary N) is 1. The van der Waals surface area contributed by atoms with E-state index in [1.165, 1.54) is 193 Å². The number of unbranched alkanes of at least 4 members (excludes halogenated alkanes) is 33. The molecule has 364 valence electrons. The van der Waals surface area contributed by atoms with Crippen molar-refractivity contribution >= 4 is 11.9 Å². The molecular weight excluding hydrogens is 767 g/mol. The zero-order chi connectivity index (χ0) is 45.1. The second-order valence-corrected chi connectivity index (χ2v) is 18.6. The number of hydrogen-bond acceptors (Lipinski definition) is 5. The lowest BCUT2D eigenvalue weighted by Crippen LogP contribution is -2.45. The average Bonchev–Trinajstić information content (AvgIpc) is 3.27. The van der Waals surface area contributed by atoms with E-state index < -0.39 is 12.1 Å². The summed E-state index contributed by atoms with van der Waals surface area (Å²) in [6.07, 6.45) is 62.7. The number of amides is 1. The number of carbonyl (C=O) groups excluding carboxylic acids is 2. The summed E-state index contributed by atoms with van der Waals surface area (Å²) in [4.78, 5) is 24.4. The fourth-order valence-electron chi connectivity index (χ4n) is 8.18. The molecule has 0 aliphatic heterocycles. The number of rotatable bonds is 50. The van der Waals surface area contributed by atoms with E-state index in [1.807, 2.05) is 0 Å². The van der Waals surface area contributed by atoms with Gasteiger partial charge in [-0.3, -0.25) is 9.59 Å².